The first-order chi connectivity index (χ1) is 10.9. The zero-order valence-corrected chi connectivity index (χ0v) is 13.3. The maximum Gasteiger partial charge on any atom is 0.235 e. The SMILES string of the molecule is Cc1nc(CC(=O)Nc2ccc(N3CCCS3(=O)=O)cc2)no1. The van der Waals surface area contributed by atoms with E-state index in [2.05, 4.69) is 15.5 Å². The Bertz CT molecular complexity index is 814. The molecule has 1 amide bonds. The van der Waals surface area contributed by atoms with Crippen LogP contribution in [0.15, 0.2) is 28.8 Å². The van der Waals surface area contributed by atoms with Crippen molar-refractivity contribution in [1.29, 1.82) is 0 Å². The average molecular weight is 336 g/mol. The lowest BCUT2D eigenvalue weighted by atomic mass is 10.2. The van der Waals surface area contributed by atoms with Crippen LogP contribution in [-0.4, -0.2) is 36.8 Å². The number of carbonyl (C=O) groups is 1. The molecule has 0 unspecified atom stereocenters. The van der Waals surface area contributed by atoms with Gasteiger partial charge in [0.15, 0.2) is 5.82 Å². The number of aromatic nitrogens is 2. The first-order valence-electron chi connectivity index (χ1n) is 7.13. The highest BCUT2D eigenvalue weighted by atomic mass is 32.2. The molecule has 1 aliphatic rings. The second-order valence-corrected chi connectivity index (χ2v) is 7.26. The number of hydrogen-bond donors (Lipinski definition) is 1. The summed E-state index contributed by atoms with van der Waals surface area (Å²) >= 11 is 0. The van der Waals surface area contributed by atoms with E-state index in [1.54, 1.807) is 31.2 Å². The molecule has 9 heteroatoms. The summed E-state index contributed by atoms with van der Waals surface area (Å²) < 4.78 is 29.9. The van der Waals surface area contributed by atoms with Crippen molar-refractivity contribution < 1.29 is 17.7 Å². The predicted molar refractivity (Wildman–Crippen MR) is 83.6 cm³/mol. The van der Waals surface area contributed by atoms with Gasteiger partial charge in [-0.1, -0.05) is 5.16 Å². The number of amides is 1. The van der Waals surface area contributed by atoms with E-state index in [-0.39, 0.29) is 18.1 Å². The number of sulfonamides is 1. The lowest BCUT2D eigenvalue weighted by Crippen LogP contribution is -2.25. The summed E-state index contributed by atoms with van der Waals surface area (Å²) in [5.41, 5.74) is 1.19. The van der Waals surface area contributed by atoms with Crippen LogP contribution in [-0.2, 0) is 21.2 Å². The smallest absolute Gasteiger partial charge is 0.235 e. The van der Waals surface area contributed by atoms with Crippen molar-refractivity contribution in [3.8, 4) is 0 Å². The van der Waals surface area contributed by atoms with Gasteiger partial charge in [0, 0.05) is 19.2 Å². The fraction of sp³-hybridized carbons (Fsp3) is 0.357. The Labute approximate surface area is 133 Å². The molecule has 1 aromatic heterocycles. The van der Waals surface area contributed by atoms with Crippen LogP contribution in [0.3, 0.4) is 0 Å². The molecule has 1 fully saturated rings. The zero-order valence-electron chi connectivity index (χ0n) is 12.5. The van der Waals surface area contributed by atoms with Crippen LogP contribution in [0, 0.1) is 6.92 Å². The Kier molecular flexibility index (Phi) is 4.03. The van der Waals surface area contributed by atoms with Crippen molar-refractivity contribution in [3.63, 3.8) is 0 Å². The van der Waals surface area contributed by atoms with Gasteiger partial charge in [-0.15, -0.1) is 0 Å². The molecule has 8 nitrogen and oxygen atoms in total. The maximum atomic E-state index is 11.9. The van der Waals surface area contributed by atoms with Crippen molar-refractivity contribution >= 4 is 27.3 Å². The number of hydrogen-bond acceptors (Lipinski definition) is 6. The molecule has 1 saturated heterocycles. The first kappa shape index (κ1) is 15.5. The molecule has 0 aliphatic carbocycles. The van der Waals surface area contributed by atoms with Crippen LogP contribution in [0.5, 0.6) is 0 Å². The molecule has 23 heavy (non-hydrogen) atoms. The van der Waals surface area contributed by atoms with E-state index in [4.69, 9.17) is 4.52 Å². The maximum absolute atomic E-state index is 11.9. The molecule has 1 aromatic carbocycles. The van der Waals surface area contributed by atoms with Crippen molar-refractivity contribution in [2.24, 2.45) is 0 Å². The molecule has 122 valence electrons. The van der Waals surface area contributed by atoms with E-state index in [9.17, 15) is 13.2 Å². The van der Waals surface area contributed by atoms with Crippen LogP contribution in [0.1, 0.15) is 18.1 Å². The third-order valence-electron chi connectivity index (χ3n) is 3.43. The quantitative estimate of drug-likeness (QED) is 0.896. The van der Waals surface area contributed by atoms with Gasteiger partial charge in [-0.3, -0.25) is 9.10 Å². The lowest BCUT2D eigenvalue weighted by molar-refractivity contribution is -0.115. The van der Waals surface area contributed by atoms with Gasteiger partial charge in [0.25, 0.3) is 0 Å². The number of nitrogens with one attached hydrogen (secondary N) is 1. The molecule has 2 heterocycles. The molecule has 2 aromatic rings. The van der Waals surface area contributed by atoms with Crippen LogP contribution >= 0.6 is 0 Å². The van der Waals surface area contributed by atoms with E-state index >= 15 is 0 Å². The predicted octanol–water partition coefficient (Wildman–Crippen LogP) is 1.10. The Morgan fingerprint density at radius 2 is 2.09 bits per heavy atom. The molecular formula is C14H16N4O4S. The molecule has 3 rings (SSSR count). The van der Waals surface area contributed by atoms with E-state index < -0.39 is 10.0 Å². The molecule has 1 N–H and O–H groups in total. The van der Waals surface area contributed by atoms with Gasteiger partial charge in [0.2, 0.25) is 21.8 Å². The molecule has 0 spiro atoms. The van der Waals surface area contributed by atoms with Crippen molar-refractivity contribution in [2.75, 3.05) is 21.9 Å². The highest BCUT2D eigenvalue weighted by Gasteiger charge is 2.28. The highest BCUT2D eigenvalue weighted by Crippen LogP contribution is 2.25. The number of nitrogens with zero attached hydrogens (tertiary/aromatic N) is 3. The van der Waals surface area contributed by atoms with Crippen LogP contribution in [0.2, 0.25) is 0 Å². The summed E-state index contributed by atoms with van der Waals surface area (Å²) in [7, 11) is -3.20. The summed E-state index contributed by atoms with van der Waals surface area (Å²) in [6, 6.07) is 6.69. The highest BCUT2D eigenvalue weighted by molar-refractivity contribution is 7.93. The van der Waals surface area contributed by atoms with Crippen LogP contribution in [0.4, 0.5) is 11.4 Å². The van der Waals surface area contributed by atoms with E-state index in [1.807, 2.05) is 0 Å². The van der Waals surface area contributed by atoms with Gasteiger partial charge in [-0.2, -0.15) is 4.98 Å². The Hall–Kier alpha value is -2.42. The summed E-state index contributed by atoms with van der Waals surface area (Å²) in [6.07, 6.45) is 0.643. The second kappa shape index (κ2) is 5.99. The Morgan fingerprint density at radius 1 is 1.35 bits per heavy atom. The monoisotopic (exact) mass is 336 g/mol. The van der Waals surface area contributed by atoms with Gasteiger partial charge in [0.05, 0.1) is 17.9 Å². The third-order valence-corrected chi connectivity index (χ3v) is 5.30. The zero-order chi connectivity index (χ0) is 16.4. The topological polar surface area (TPSA) is 105 Å². The minimum atomic E-state index is -3.20. The van der Waals surface area contributed by atoms with Gasteiger partial charge < -0.3 is 9.84 Å². The van der Waals surface area contributed by atoms with Gasteiger partial charge in [0.1, 0.15) is 0 Å². The number of anilines is 2. The summed E-state index contributed by atoms with van der Waals surface area (Å²) in [5.74, 6) is 0.631. The van der Waals surface area contributed by atoms with E-state index in [1.165, 1.54) is 4.31 Å². The summed E-state index contributed by atoms with van der Waals surface area (Å²) in [5, 5.41) is 6.37. The minimum Gasteiger partial charge on any atom is -0.340 e. The molecule has 0 bridgehead atoms. The standard InChI is InChI=1S/C14H16N4O4S/c1-10-15-13(17-22-10)9-14(19)16-11-3-5-12(6-4-11)18-7-2-8-23(18,20)21/h3-6H,2,7-9H2,1H3,(H,16,19). The Balaban J connectivity index is 1.64. The molecule has 0 radical (unpaired) electrons. The summed E-state index contributed by atoms with van der Waals surface area (Å²) in [4.78, 5) is 15.9. The molecular weight excluding hydrogens is 320 g/mol. The van der Waals surface area contributed by atoms with Gasteiger partial charge in [-0.25, -0.2) is 8.42 Å². The molecule has 0 saturated carbocycles. The number of rotatable bonds is 4. The van der Waals surface area contributed by atoms with Gasteiger partial charge in [-0.05, 0) is 30.7 Å². The lowest BCUT2D eigenvalue weighted by Gasteiger charge is -2.17. The van der Waals surface area contributed by atoms with Crippen molar-refractivity contribution in [1.82, 2.24) is 10.1 Å². The summed E-state index contributed by atoms with van der Waals surface area (Å²) in [6.45, 7) is 2.14. The van der Waals surface area contributed by atoms with E-state index in [0.29, 0.717) is 36.1 Å². The first-order valence-corrected chi connectivity index (χ1v) is 8.74. The molecule has 0 atom stereocenters. The van der Waals surface area contributed by atoms with Gasteiger partial charge >= 0.3 is 0 Å². The number of aryl methyl sites for hydroxylation is 1. The Morgan fingerprint density at radius 3 is 2.65 bits per heavy atom. The fourth-order valence-corrected chi connectivity index (χ4v) is 3.97. The van der Waals surface area contributed by atoms with Crippen molar-refractivity contribution in [2.45, 2.75) is 19.8 Å². The number of benzene rings is 1. The minimum absolute atomic E-state index is 0.0135. The normalized spacial score (nSPS) is 16.5. The largest absolute Gasteiger partial charge is 0.340 e. The third kappa shape index (κ3) is 3.50. The average Bonchev–Trinajstić information content (AvgIpc) is 3.05. The van der Waals surface area contributed by atoms with Crippen molar-refractivity contribution in [3.05, 3.63) is 36.0 Å². The number of carbonyl (C=O) groups excluding carboxylic acids is 1. The fourth-order valence-electron chi connectivity index (χ4n) is 2.40. The second-order valence-electron chi connectivity index (χ2n) is 5.24. The van der Waals surface area contributed by atoms with E-state index in [0.717, 1.165) is 0 Å². The van der Waals surface area contributed by atoms with Crippen LogP contribution in [0.25, 0.3) is 0 Å². The van der Waals surface area contributed by atoms with Crippen LogP contribution < -0.4 is 9.62 Å². The molecule has 1 aliphatic heterocycles.